The lowest BCUT2D eigenvalue weighted by atomic mass is 10.1. The molecule has 0 unspecified atom stereocenters. The largest absolute Gasteiger partial charge is 0.497 e. The summed E-state index contributed by atoms with van der Waals surface area (Å²) in [4.78, 5) is 68.7. The van der Waals surface area contributed by atoms with Gasteiger partial charge in [0.1, 0.15) is 23.6 Å². The topological polar surface area (TPSA) is 348 Å². The number of unbranched alkanes of at least 4 members (excludes halogenated alkanes) is 1. The molecule has 2 heterocycles. The van der Waals surface area contributed by atoms with Crippen LogP contribution < -0.4 is 57.0 Å². The zero-order chi connectivity index (χ0) is 57.7. The van der Waals surface area contributed by atoms with E-state index in [4.69, 9.17) is 20.9 Å². The van der Waals surface area contributed by atoms with Crippen molar-refractivity contribution < 1.29 is 45.5 Å². The zero-order valence-electron chi connectivity index (χ0n) is 45.4. The fourth-order valence-electron chi connectivity index (χ4n) is 8.50. The Balaban J connectivity index is 0.948. The number of aromatic nitrogens is 2. The summed E-state index contributed by atoms with van der Waals surface area (Å²) in [6.45, 7) is 5.67. The molecule has 0 aliphatic rings. The van der Waals surface area contributed by atoms with Crippen molar-refractivity contribution in [2.45, 2.75) is 93.5 Å². The van der Waals surface area contributed by atoms with Crippen molar-refractivity contribution in [1.29, 1.82) is 0 Å². The van der Waals surface area contributed by atoms with E-state index in [-0.39, 0.29) is 78.2 Å². The molecule has 4 amide bonds. The Labute approximate surface area is 466 Å². The van der Waals surface area contributed by atoms with Gasteiger partial charge in [-0.25, -0.2) is 26.3 Å². The number of hydrogen-bond acceptors (Lipinski definition) is 13. The number of ether oxygens (including phenoxy) is 2. The molecule has 0 spiro atoms. The molecule has 2 aromatic heterocycles. The number of guanidine groups is 2. The van der Waals surface area contributed by atoms with Crippen molar-refractivity contribution in [1.82, 2.24) is 46.0 Å². The van der Waals surface area contributed by atoms with E-state index < -0.39 is 38.0 Å². The lowest BCUT2D eigenvalue weighted by molar-refractivity contribution is -0.128. The van der Waals surface area contributed by atoms with Crippen LogP contribution in [0, 0.1) is 13.8 Å². The van der Waals surface area contributed by atoms with Gasteiger partial charge in [0.15, 0.2) is 0 Å². The maximum Gasteiger partial charge on any atom is 0.264 e. The van der Waals surface area contributed by atoms with Crippen molar-refractivity contribution in [3.63, 3.8) is 0 Å². The molecule has 23 nitrogen and oxygen atoms in total. The molecule has 0 saturated heterocycles. The first-order valence-electron chi connectivity index (χ1n) is 26.3. The number of carbonyl (C=O) groups excluding carboxylic acids is 4. The Bertz CT molecular complexity index is 3120. The fourth-order valence-corrected chi connectivity index (χ4v) is 10.4. The number of aliphatic imine (C=N–C) groups is 2. The number of fused-ring (bicyclic) bond motifs is 2. The Hall–Kier alpha value is -8.16. The van der Waals surface area contributed by atoms with E-state index in [0.717, 1.165) is 44.1 Å². The number of amides is 4. The average Bonchev–Trinajstić information content (AvgIpc) is 4.05. The van der Waals surface area contributed by atoms with Crippen LogP contribution in [0.25, 0.3) is 21.8 Å². The van der Waals surface area contributed by atoms with Gasteiger partial charge in [0.25, 0.3) is 20.0 Å². The number of rotatable bonds is 31. The van der Waals surface area contributed by atoms with Crippen LogP contribution in [0.4, 0.5) is 0 Å². The van der Waals surface area contributed by atoms with Crippen molar-refractivity contribution in [2.75, 3.05) is 53.5 Å². The van der Waals surface area contributed by atoms with Crippen molar-refractivity contribution in [2.24, 2.45) is 21.5 Å². The lowest BCUT2D eigenvalue weighted by Crippen LogP contribution is -2.47. The van der Waals surface area contributed by atoms with Gasteiger partial charge in [0.05, 0.1) is 36.9 Å². The predicted molar refractivity (Wildman–Crippen MR) is 308 cm³/mol. The summed E-state index contributed by atoms with van der Waals surface area (Å²) >= 11 is 0. The van der Waals surface area contributed by atoms with Crippen LogP contribution in [0.15, 0.2) is 117 Å². The van der Waals surface area contributed by atoms with E-state index in [1.54, 1.807) is 50.9 Å². The first-order valence-corrected chi connectivity index (χ1v) is 29.2. The molecule has 2 atom stereocenters. The number of hydrogen-bond donors (Lipinski definition) is 11. The smallest absolute Gasteiger partial charge is 0.264 e. The van der Waals surface area contributed by atoms with Crippen LogP contribution in [0.5, 0.6) is 11.5 Å². The van der Waals surface area contributed by atoms with Crippen LogP contribution in [0.3, 0.4) is 0 Å². The first kappa shape index (κ1) is 61.1. The highest BCUT2D eigenvalue weighted by atomic mass is 32.2. The Morgan fingerprint density at radius 3 is 1.38 bits per heavy atom. The highest BCUT2D eigenvalue weighted by molar-refractivity contribution is 7.90. The van der Waals surface area contributed by atoms with E-state index in [0.29, 0.717) is 69.8 Å². The molecule has 6 rings (SSSR count). The second kappa shape index (κ2) is 29.7. The molecule has 0 aliphatic heterocycles. The maximum absolute atomic E-state index is 13.6. The van der Waals surface area contributed by atoms with Gasteiger partial charge < -0.3 is 57.5 Å². The molecular formula is C55H73N13O10S2. The number of nitrogens with two attached hydrogens (primary N) is 2. The second-order valence-electron chi connectivity index (χ2n) is 19.1. The summed E-state index contributed by atoms with van der Waals surface area (Å²) in [6, 6.07) is 21.7. The number of nitrogens with zero attached hydrogens (tertiary/aromatic N) is 2. The molecule has 25 heteroatoms. The van der Waals surface area contributed by atoms with Crippen molar-refractivity contribution in [3.8, 4) is 11.5 Å². The molecule has 0 bridgehead atoms. The van der Waals surface area contributed by atoms with Crippen molar-refractivity contribution in [3.05, 3.63) is 120 Å². The van der Waals surface area contributed by atoms with E-state index in [9.17, 15) is 36.0 Å². The standard InChI is InChI=1S/C55H73N13O10S2/c1-36-12-18-42(19-13-36)79(73,74)67-54(56)61-27-7-10-48(65-50(69)30-38-34-63-46-22-16-40(77-3)32-44(38)46)52(71)59-26-6-5-24-58-25-9-29-60-53(72)49(66-51(70)31-39-35-64-47-23-17-41(78-4)33-45(39)47)11-8-28-62-55(57)68-80(75,76)43-20-14-37(2)15-21-43/h12-23,32-35,48-49,58,63-64H,5-11,24-31H2,1-4H3,(H,59,71)(H,60,72)(H,65,69)(H,66,70)(H3,56,61,67)(H3,57,62,68)/t48-,49-/m1/s1. The number of nitrogens with one attached hydrogen (secondary N) is 9. The third-order valence-corrected chi connectivity index (χ3v) is 15.6. The van der Waals surface area contributed by atoms with Crippen LogP contribution >= 0.6 is 0 Å². The van der Waals surface area contributed by atoms with Crippen LogP contribution in [-0.2, 0) is 52.1 Å². The number of aromatic amines is 2. The number of methoxy groups -OCH3 is 2. The fraction of sp³-hybridized carbons (Fsp3) is 0.382. The van der Waals surface area contributed by atoms with Gasteiger partial charge in [-0.05, 0) is 144 Å². The maximum atomic E-state index is 13.6. The average molecular weight is 1140 g/mol. The second-order valence-corrected chi connectivity index (χ2v) is 22.5. The molecular weight excluding hydrogens is 1070 g/mol. The van der Waals surface area contributed by atoms with Crippen LogP contribution in [0.1, 0.15) is 67.2 Å². The molecule has 0 aliphatic carbocycles. The quantitative estimate of drug-likeness (QED) is 0.0170. The number of H-pyrrole nitrogens is 2. The molecule has 6 aromatic rings. The summed E-state index contributed by atoms with van der Waals surface area (Å²) in [5.41, 5.74) is 16.8. The normalized spacial score (nSPS) is 12.8. The van der Waals surface area contributed by atoms with E-state index in [1.165, 1.54) is 24.3 Å². The summed E-state index contributed by atoms with van der Waals surface area (Å²) in [7, 11) is -4.79. The van der Waals surface area contributed by atoms with E-state index in [2.05, 4.69) is 56.0 Å². The zero-order valence-corrected chi connectivity index (χ0v) is 47.1. The van der Waals surface area contributed by atoms with Crippen molar-refractivity contribution >= 4 is 77.4 Å². The summed E-state index contributed by atoms with van der Waals surface area (Å²) in [6.07, 6.45) is 6.35. The van der Waals surface area contributed by atoms with E-state index in [1.807, 2.05) is 50.2 Å². The molecule has 4 aromatic carbocycles. The Morgan fingerprint density at radius 1 is 0.550 bits per heavy atom. The monoisotopic (exact) mass is 1140 g/mol. The Morgan fingerprint density at radius 2 is 0.950 bits per heavy atom. The van der Waals surface area contributed by atoms with E-state index >= 15 is 0 Å². The third kappa shape index (κ3) is 18.8. The van der Waals surface area contributed by atoms with Crippen LogP contribution in [0.2, 0.25) is 0 Å². The molecule has 80 heavy (non-hydrogen) atoms. The minimum absolute atomic E-state index is 0.00464. The van der Waals surface area contributed by atoms with Gasteiger partial charge >= 0.3 is 0 Å². The molecule has 430 valence electrons. The van der Waals surface area contributed by atoms with Gasteiger partial charge in [-0.15, -0.1) is 0 Å². The van der Waals surface area contributed by atoms with Gasteiger partial charge in [-0.2, -0.15) is 0 Å². The number of aryl methyl sites for hydroxylation is 2. The van der Waals surface area contributed by atoms with Gasteiger partial charge in [0.2, 0.25) is 35.5 Å². The lowest BCUT2D eigenvalue weighted by Gasteiger charge is -2.19. The number of benzene rings is 4. The summed E-state index contributed by atoms with van der Waals surface area (Å²) in [5.74, 6) is -0.863. The first-order chi connectivity index (χ1) is 38.3. The minimum Gasteiger partial charge on any atom is -0.497 e. The highest BCUT2D eigenvalue weighted by Crippen LogP contribution is 2.25. The summed E-state index contributed by atoms with van der Waals surface area (Å²) in [5, 5.41) is 16.5. The highest BCUT2D eigenvalue weighted by Gasteiger charge is 2.24. The molecule has 0 radical (unpaired) electrons. The minimum atomic E-state index is -3.96. The predicted octanol–water partition coefficient (Wildman–Crippen LogP) is 3.18. The van der Waals surface area contributed by atoms with Gasteiger partial charge in [-0.1, -0.05) is 35.4 Å². The van der Waals surface area contributed by atoms with Crippen LogP contribution in [-0.4, -0.2) is 128 Å². The van der Waals surface area contributed by atoms with Gasteiger partial charge in [-0.3, -0.25) is 29.2 Å². The summed E-state index contributed by atoms with van der Waals surface area (Å²) < 4.78 is 66.4. The molecule has 13 N–H and O–H groups in total. The Kier molecular flexibility index (Phi) is 22.7. The number of carbonyl (C=O) groups is 4. The van der Waals surface area contributed by atoms with Gasteiger partial charge in [0, 0.05) is 60.4 Å². The molecule has 0 saturated carbocycles. The molecule has 0 fully saturated rings. The third-order valence-electron chi connectivity index (χ3n) is 12.9. The number of sulfonamides is 2. The SMILES string of the molecule is COc1ccc2[nH]cc(CC(=O)N[C@H](CCCN=C(N)NS(=O)(=O)c3ccc(C)cc3)C(=O)NCCCCNCCCNC(=O)[C@@H](CCCN=C(N)NS(=O)(=O)c3ccc(C)cc3)NC(=O)Cc3c[nH]c4ccc(OC)cc34)c2c1.